The van der Waals surface area contributed by atoms with Gasteiger partial charge in [-0.25, -0.2) is 9.37 Å². The number of para-hydroxylation sites is 1. The maximum Gasteiger partial charge on any atom is 0.145 e. The number of imidazole rings is 1. The van der Waals surface area contributed by atoms with Gasteiger partial charge in [-0.3, -0.25) is 4.57 Å². The minimum Gasteiger partial charge on any atom is -0.494 e. The molecular weight excluding hydrogens is 375 g/mol. The molecule has 4 aromatic rings. The Kier molecular flexibility index (Phi) is 6.43. The number of unbranched alkanes of at least 4 members (excludes halogenated alkanes) is 4. The Balaban J connectivity index is 1.67. The highest BCUT2D eigenvalue weighted by Gasteiger charge is 2.15. The number of hydrogen-bond donors (Lipinski definition) is 0. The van der Waals surface area contributed by atoms with Crippen LogP contribution in [0, 0.1) is 5.82 Å². The fourth-order valence-corrected chi connectivity index (χ4v) is 3.67. The number of ether oxygens (including phenoxy) is 1. The van der Waals surface area contributed by atoms with Gasteiger partial charge in [0.2, 0.25) is 0 Å². The minimum absolute atomic E-state index is 0.254. The Morgan fingerprint density at radius 3 is 2.40 bits per heavy atom. The molecule has 0 amide bonds. The summed E-state index contributed by atoms with van der Waals surface area (Å²) >= 11 is 0. The van der Waals surface area contributed by atoms with Crippen LogP contribution in [0.4, 0.5) is 4.39 Å². The van der Waals surface area contributed by atoms with Crippen molar-refractivity contribution in [2.45, 2.75) is 39.0 Å². The number of benzene rings is 3. The number of fused-ring (bicyclic) bond motifs is 1. The highest BCUT2D eigenvalue weighted by molar-refractivity contribution is 5.84. The average Bonchev–Trinajstić information content (AvgIpc) is 3.16. The van der Waals surface area contributed by atoms with E-state index in [4.69, 9.17) is 9.72 Å². The molecule has 30 heavy (non-hydrogen) atoms. The van der Waals surface area contributed by atoms with E-state index in [0.717, 1.165) is 46.9 Å². The molecule has 0 saturated heterocycles. The molecule has 154 valence electrons. The molecule has 0 bridgehead atoms. The maximum atomic E-state index is 13.5. The Morgan fingerprint density at radius 1 is 0.867 bits per heavy atom. The summed E-state index contributed by atoms with van der Waals surface area (Å²) in [5.74, 6) is 1.38. The third-order valence-corrected chi connectivity index (χ3v) is 5.26. The number of rotatable bonds is 9. The molecule has 0 N–H and O–H groups in total. The first-order valence-electron chi connectivity index (χ1n) is 10.7. The Hall–Kier alpha value is -3.14. The second-order valence-corrected chi connectivity index (χ2v) is 7.53. The molecule has 0 radical (unpaired) electrons. The van der Waals surface area contributed by atoms with Crippen molar-refractivity contribution in [2.75, 3.05) is 6.61 Å². The Labute approximate surface area is 177 Å². The first-order valence-corrected chi connectivity index (χ1v) is 10.7. The summed E-state index contributed by atoms with van der Waals surface area (Å²) in [5.41, 5.74) is 3.74. The SMILES string of the molecule is CCCCCCCOc1ccc2nc(-c3ccc(F)cc3)n(-c3ccccc3)c2c1. The monoisotopic (exact) mass is 402 g/mol. The van der Waals surface area contributed by atoms with Crippen LogP contribution in [0.2, 0.25) is 0 Å². The third kappa shape index (κ3) is 4.54. The van der Waals surface area contributed by atoms with Gasteiger partial charge in [-0.1, -0.05) is 50.8 Å². The van der Waals surface area contributed by atoms with Gasteiger partial charge in [-0.2, -0.15) is 0 Å². The average molecular weight is 403 g/mol. The lowest BCUT2D eigenvalue weighted by Crippen LogP contribution is -1.99. The van der Waals surface area contributed by atoms with Crippen molar-refractivity contribution >= 4 is 11.0 Å². The summed E-state index contributed by atoms with van der Waals surface area (Å²) in [5, 5.41) is 0. The van der Waals surface area contributed by atoms with Crippen LogP contribution in [0.25, 0.3) is 28.1 Å². The molecule has 0 aliphatic carbocycles. The molecule has 3 nitrogen and oxygen atoms in total. The van der Waals surface area contributed by atoms with Crippen molar-refractivity contribution in [3.8, 4) is 22.8 Å². The van der Waals surface area contributed by atoms with Gasteiger partial charge in [0.15, 0.2) is 0 Å². The smallest absolute Gasteiger partial charge is 0.145 e. The molecule has 4 heteroatoms. The molecule has 0 spiro atoms. The van der Waals surface area contributed by atoms with Gasteiger partial charge in [0.05, 0.1) is 17.6 Å². The molecule has 0 aliphatic heterocycles. The van der Waals surface area contributed by atoms with E-state index in [0.29, 0.717) is 0 Å². The van der Waals surface area contributed by atoms with Crippen molar-refractivity contribution in [1.29, 1.82) is 0 Å². The number of nitrogens with zero attached hydrogens (tertiary/aromatic N) is 2. The first kappa shape index (κ1) is 20.1. The highest BCUT2D eigenvalue weighted by Crippen LogP contribution is 2.31. The highest BCUT2D eigenvalue weighted by atomic mass is 19.1. The van der Waals surface area contributed by atoms with Crippen molar-refractivity contribution in [1.82, 2.24) is 9.55 Å². The predicted molar refractivity (Wildman–Crippen MR) is 121 cm³/mol. The van der Waals surface area contributed by atoms with Crippen molar-refractivity contribution in [3.05, 3.63) is 78.6 Å². The zero-order chi connectivity index (χ0) is 20.8. The second kappa shape index (κ2) is 9.57. The van der Waals surface area contributed by atoms with Gasteiger partial charge in [0, 0.05) is 17.3 Å². The summed E-state index contributed by atoms with van der Waals surface area (Å²) in [6, 6.07) is 22.6. The molecular formula is C26H27FN2O. The standard InChI is InChI=1S/C26H27FN2O/c1-2-3-4-5-9-18-30-23-16-17-24-25(19-23)29(22-10-7-6-8-11-22)26(28-24)20-12-14-21(27)15-13-20/h6-8,10-17,19H,2-5,9,18H2,1H3. The normalized spacial score (nSPS) is 11.1. The van der Waals surface area contributed by atoms with Crippen molar-refractivity contribution in [3.63, 3.8) is 0 Å². The molecule has 1 heterocycles. The summed E-state index contributed by atoms with van der Waals surface area (Å²) in [4.78, 5) is 4.85. The molecule has 0 atom stereocenters. The fourth-order valence-electron chi connectivity index (χ4n) is 3.67. The number of aromatic nitrogens is 2. The second-order valence-electron chi connectivity index (χ2n) is 7.53. The molecule has 4 rings (SSSR count). The van der Waals surface area contributed by atoms with E-state index in [1.807, 2.05) is 36.4 Å². The zero-order valence-electron chi connectivity index (χ0n) is 17.4. The van der Waals surface area contributed by atoms with E-state index in [1.165, 1.54) is 37.8 Å². The molecule has 0 unspecified atom stereocenters. The van der Waals surface area contributed by atoms with Gasteiger partial charge in [-0.15, -0.1) is 0 Å². The first-order chi connectivity index (χ1) is 14.8. The van der Waals surface area contributed by atoms with E-state index in [2.05, 4.69) is 23.6 Å². The minimum atomic E-state index is -0.254. The van der Waals surface area contributed by atoms with Gasteiger partial charge in [-0.05, 0) is 55.0 Å². The molecule has 0 fully saturated rings. The van der Waals surface area contributed by atoms with Crippen LogP contribution in [0.3, 0.4) is 0 Å². The quantitative estimate of drug-likeness (QED) is 0.277. The van der Waals surface area contributed by atoms with Gasteiger partial charge < -0.3 is 4.74 Å². The summed E-state index contributed by atoms with van der Waals surface area (Å²) in [6.07, 6.45) is 6.07. The van der Waals surface area contributed by atoms with Crippen molar-refractivity contribution in [2.24, 2.45) is 0 Å². The van der Waals surface area contributed by atoms with Crippen LogP contribution < -0.4 is 4.74 Å². The van der Waals surface area contributed by atoms with Gasteiger partial charge in [0.1, 0.15) is 17.4 Å². The lowest BCUT2D eigenvalue weighted by atomic mass is 10.2. The van der Waals surface area contributed by atoms with Crippen molar-refractivity contribution < 1.29 is 9.13 Å². The van der Waals surface area contributed by atoms with E-state index in [-0.39, 0.29) is 5.82 Å². The fraction of sp³-hybridized carbons (Fsp3) is 0.269. The van der Waals surface area contributed by atoms with Gasteiger partial charge >= 0.3 is 0 Å². The van der Waals surface area contributed by atoms with Crippen LogP contribution in [0.15, 0.2) is 72.8 Å². The molecule has 0 saturated carbocycles. The third-order valence-electron chi connectivity index (χ3n) is 5.26. The largest absolute Gasteiger partial charge is 0.494 e. The maximum absolute atomic E-state index is 13.5. The predicted octanol–water partition coefficient (Wildman–Crippen LogP) is 7.18. The van der Waals surface area contributed by atoms with Gasteiger partial charge in [0.25, 0.3) is 0 Å². The zero-order valence-corrected chi connectivity index (χ0v) is 17.4. The summed E-state index contributed by atoms with van der Waals surface area (Å²) in [7, 11) is 0. The molecule has 1 aromatic heterocycles. The molecule has 0 aliphatic rings. The summed E-state index contributed by atoms with van der Waals surface area (Å²) in [6.45, 7) is 2.95. The van der Waals surface area contributed by atoms with Crippen LogP contribution in [0.1, 0.15) is 39.0 Å². The number of hydrogen-bond acceptors (Lipinski definition) is 2. The molecule has 3 aromatic carbocycles. The Morgan fingerprint density at radius 2 is 1.63 bits per heavy atom. The van der Waals surface area contributed by atoms with Crippen LogP contribution in [-0.4, -0.2) is 16.2 Å². The topological polar surface area (TPSA) is 27.1 Å². The van der Waals surface area contributed by atoms with E-state index >= 15 is 0 Å². The lowest BCUT2D eigenvalue weighted by Gasteiger charge is -2.11. The van der Waals surface area contributed by atoms with Crippen LogP contribution in [0.5, 0.6) is 5.75 Å². The summed E-state index contributed by atoms with van der Waals surface area (Å²) < 4.78 is 21.6. The number of halogens is 1. The van der Waals surface area contributed by atoms with Crippen LogP contribution >= 0.6 is 0 Å². The van der Waals surface area contributed by atoms with Crippen LogP contribution in [-0.2, 0) is 0 Å². The van der Waals surface area contributed by atoms with E-state index < -0.39 is 0 Å². The Bertz CT molecular complexity index is 1090. The lowest BCUT2D eigenvalue weighted by molar-refractivity contribution is 0.305. The van der Waals surface area contributed by atoms with E-state index in [9.17, 15) is 4.39 Å². The van der Waals surface area contributed by atoms with E-state index in [1.54, 1.807) is 12.1 Å².